The fourth-order valence-electron chi connectivity index (χ4n) is 4.34. The fraction of sp³-hybridized carbons (Fsp3) is 0.333. The lowest BCUT2D eigenvalue weighted by Gasteiger charge is -2.38. The molecule has 0 bridgehead atoms. The van der Waals surface area contributed by atoms with E-state index < -0.39 is 28.4 Å². The number of nitro benzene ring substituents is 1. The first kappa shape index (κ1) is 23.2. The Kier molecular flexibility index (Phi) is 6.25. The number of H-pyrrole nitrogens is 1. The average molecular weight is 467 g/mol. The highest BCUT2D eigenvalue weighted by atomic mass is 16.6. The van der Waals surface area contributed by atoms with Gasteiger partial charge in [-0.1, -0.05) is 12.1 Å². The molecule has 0 unspecified atom stereocenters. The number of carbonyl (C=O) groups excluding carboxylic acids is 2. The van der Waals surface area contributed by atoms with E-state index in [-0.39, 0.29) is 25.3 Å². The van der Waals surface area contributed by atoms with Crippen LogP contribution in [0.4, 0.5) is 5.69 Å². The van der Waals surface area contributed by atoms with Gasteiger partial charge in [0.15, 0.2) is 0 Å². The Morgan fingerprint density at radius 3 is 2.29 bits per heavy atom. The summed E-state index contributed by atoms with van der Waals surface area (Å²) in [7, 11) is 1.56. The van der Waals surface area contributed by atoms with Crippen LogP contribution in [0.25, 0.3) is 10.9 Å². The van der Waals surface area contributed by atoms with Crippen molar-refractivity contribution >= 4 is 28.5 Å². The number of nitrogens with zero attached hydrogens (tertiary/aromatic N) is 1. The highest BCUT2D eigenvalue weighted by molar-refractivity contribution is 6.06. The lowest BCUT2D eigenvalue weighted by Crippen LogP contribution is -2.64. The minimum absolute atomic E-state index is 0.00332. The minimum Gasteiger partial charge on any atom is -0.497 e. The van der Waals surface area contributed by atoms with Crippen molar-refractivity contribution in [3.8, 4) is 5.75 Å². The molecule has 178 valence electrons. The zero-order valence-corrected chi connectivity index (χ0v) is 19.0. The van der Waals surface area contributed by atoms with E-state index in [0.29, 0.717) is 11.3 Å². The third-order valence-corrected chi connectivity index (χ3v) is 5.95. The van der Waals surface area contributed by atoms with Crippen molar-refractivity contribution in [1.29, 1.82) is 0 Å². The molecule has 1 aromatic heterocycles. The molecule has 2 heterocycles. The number of non-ortho nitro benzene ring substituents is 1. The van der Waals surface area contributed by atoms with Crippen LogP contribution in [0.3, 0.4) is 0 Å². The summed E-state index contributed by atoms with van der Waals surface area (Å²) in [6.45, 7) is 3.49. The Labute approximate surface area is 195 Å². The van der Waals surface area contributed by atoms with Crippen LogP contribution in [0.5, 0.6) is 5.75 Å². The molecule has 10 heteroatoms. The number of fused-ring (bicyclic) bond motifs is 3. The molecule has 0 spiro atoms. The van der Waals surface area contributed by atoms with Crippen molar-refractivity contribution in [2.45, 2.75) is 31.8 Å². The maximum Gasteiger partial charge on any atom is 0.338 e. The van der Waals surface area contributed by atoms with Crippen LogP contribution in [0, 0.1) is 10.1 Å². The van der Waals surface area contributed by atoms with Crippen molar-refractivity contribution in [2.24, 2.45) is 0 Å². The molecule has 0 saturated carbocycles. The van der Waals surface area contributed by atoms with Crippen molar-refractivity contribution < 1.29 is 28.7 Å². The van der Waals surface area contributed by atoms with Gasteiger partial charge in [0.25, 0.3) is 5.69 Å². The summed E-state index contributed by atoms with van der Waals surface area (Å²) in [5, 5.41) is 15.1. The first-order valence-electron chi connectivity index (χ1n) is 10.9. The molecular weight excluding hydrogens is 442 g/mol. The standard InChI is InChI=1S/C24H25N3O7/c1-4-33-22(28)24(23(29)34-5-2)13-18-17-12-16(32-3)10-11-19(17)25-21(18)20(26-24)14-6-8-15(9-7-14)27(30)31/h6-12,20,25-26H,4-5,13H2,1-3H3/t20-/m1/s1. The van der Waals surface area contributed by atoms with Crippen LogP contribution in [-0.2, 0) is 25.5 Å². The quantitative estimate of drug-likeness (QED) is 0.234. The Bertz CT molecular complexity index is 1230. The molecule has 1 aliphatic heterocycles. The summed E-state index contributed by atoms with van der Waals surface area (Å²) in [5.41, 5.74) is 1.02. The fourth-order valence-corrected chi connectivity index (χ4v) is 4.34. The van der Waals surface area contributed by atoms with E-state index in [2.05, 4.69) is 10.3 Å². The summed E-state index contributed by atoms with van der Waals surface area (Å²) in [4.78, 5) is 40.5. The lowest BCUT2D eigenvalue weighted by molar-refractivity contribution is -0.384. The molecule has 1 atom stereocenters. The second-order valence-corrected chi connectivity index (χ2v) is 7.88. The first-order valence-corrected chi connectivity index (χ1v) is 10.9. The van der Waals surface area contributed by atoms with Gasteiger partial charge < -0.3 is 19.2 Å². The number of hydrogen-bond acceptors (Lipinski definition) is 8. The Morgan fingerprint density at radius 2 is 1.74 bits per heavy atom. The van der Waals surface area contributed by atoms with Gasteiger partial charge in [0.05, 0.1) is 31.3 Å². The summed E-state index contributed by atoms with van der Waals surface area (Å²) < 4.78 is 16.0. The van der Waals surface area contributed by atoms with E-state index in [1.165, 1.54) is 12.1 Å². The monoisotopic (exact) mass is 467 g/mol. The predicted molar refractivity (Wildman–Crippen MR) is 123 cm³/mol. The topological polar surface area (TPSA) is 133 Å². The summed E-state index contributed by atoms with van der Waals surface area (Å²) in [6, 6.07) is 10.8. The van der Waals surface area contributed by atoms with Crippen molar-refractivity contribution in [2.75, 3.05) is 20.3 Å². The Balaban J connectivity index is 1.94. The van der Waals surface area contributed by atoms with Gasteiger partial charge in [-0.3, -0.25) is 15.4 Å². The van der Waals surface area contributed by atoms with Gasteiger partial charge in [0.1, 0.15) is 5.75 Å². The van der Waals surface area contributed by atoms with Crippen LogP contribution in [0.15, 0.2) is 42.5 Å². The zero-order valence-electron chi connectivity index (χ0n) is 19.0. The van der Waals surface area contributed by atoms with Crippen LogP contribution in [-0.4, -0.2) is 47.7 Å². The maximum atomic E-state index is 13.2. The molecular formula is C24H25N3O7. The number of aromatic amines is 1. The van der Waals surface area contributed by atoms with E-state index in [0.717, 1.165) is 22.2 Å². The SMILES string of the molecule is CCOC(=O)C1(C(=O)OCC)Cc2c([nH]c3ccc(OC)cc23)[C@@H](c2ccc([N+](=O)[O-])cc2)N1. The zero-order chi connectivity index (χ0) is 24.5. The van der Waals surface area contributed by atoms with Crippen molar-refractivity contribution in [3.63, 3.8) is 0 Å². The van der Waals surface area contributed by atoms with E-state index in [9.17, 15) is 19.7 Å². The number of carbonyl (C=O) groups is 2. The molecule has 3 aromatic rings. The van der Waals surface area contributed by atoms with Gasteiger partial charge in [0.2, 0.25) is 5.54 Å². The van der Waals surface area contributed by atoms with Gasteiger partial charge >= 0.3 is 11.9 Å². The Hall–Kier alpha value is -3.92. The van der Waals surface area contributed by atoms with Crippen LogP contribution < -0.4 is 10.1 Å². The summed E-state index contributed by atoms with van der Waals surface area (Å²) >= 11 is 0. The number of aromatic nitrogens is 1. The van der Waals surface area contributed by atoms with Gasteiger partial charge in [0, 0.05) is 35.2 Å². The molecule has 1 aliphatic rings. The van der Waals surface area contributed by atoms with Gasteiger partial charge in [-0.05, 0) is 43.2 Å². The molecule has 2 N–H and O–H groups in total. The predicted octanol–water partition coefficient (Wildman–Crippen LogP) is 3.18. The van der Waals surface area contributed by atoms with Gasteiger partial charge in [-0.25, -0.2) is 9.59 Å². The van der Waals surface area contributed by atoms with Gasteiger partial charge in [-0.2, -0.15) is 0 Å². The minimum atomic E-state index is -1.80. The smallest absolute Gasteiger partial charge is 0.338 e. The van der Waals surface area contributed by atoms with Crippen LogP contribution >= 0.6 is 0 Å². The number of hydrogen-bond donors (Lipinski definition) is 2. The van der Waals surface area contributed by atoms with Gasteiger partial charge in [-0.15, -0.1) is 0 Å². The van der Waals surface area contributed by atoms with E-state index in [1.54, 1.807) is 33.1 Å². The molecule has 0 amide bonds. The Morgan fingerprint density at radius 1 is 1.09 bits per heavy atom. The number of rotatable bonds is 7. The summed E-state index contributed by atoms with van der Waals surface area (Å²) in [5.74, 6) is -0.871. The molecule has 4 rings (SSSR count). The highest BCUT2D eigenvalue weighted by Crippen LogP contribution is 2.40. The van der Waals surface area contributed by atoms with Crippen molar-refractivity contribution in [3.05, 3.63) is 69.4 Å². The molecule has 0 fully saturated rings. The molecule has 0 radical (unpaired) electrons. The van der Waals surface area contributed by atoms with Crippen LogP contribution in [0.1, 0.15) is 36.7 Å². The molecule has 10 nitrogen and oxygen atoms in total. The van der Waals surface area contributed by atoms with E-state index >= 15 is 0 Å². The number of ether oxygens (including phenoxy) is 3. The molecule has 2 aromatic carbocycles. The largest absolute Gasteiger partial charge is 0.497 e. The molecule has 34 heavy (non-hydrogen) atoms. The van der Waals surface area contributed by atoms with E-state index in [1.807, 2.05) is 18.2 Å². The normalized spacial score (nSPS) is 16.5. The first-order chi connectivity index (χ1) is 16.3. The third-order valence-electron chi connectivity index (χ3n) is 5.95. The second kappa shape index (κ2) is 9.14. The maximum absolute atomic E-state index is 13.2. The number of nitro groups is 1. The number of nitrogens with one attached hydrogen (secondary N) is 2. The summed E-state index contributed by atoms with van der Waals surface area (Å²) in [6.07, 6.45) is -0.00332. The van der Waals surface area contributed by atoms with Crippen LogP contribution in [0.2, 0.25) is 0 Å². The number of benzene rings is 2. The highest BCUT2D eigenvalue weighted by Gasteiger charge is 2.54. The molecule has 0 aliphatic carbocycles. The molecule has 0 saturated heterocycles. The third kappa shape index (κ3) is 3.86. The average Bonchev–Trinajstić information content (AvgIpc) is 3.21. The lowest BCUT2D eigenvalue weighted by atomic mass is 9.81. The van der Waals surface area contributed by atoms with E-state index in [4.69, 9.17) is 14.2 Å². The number of methoxy groups -OCH3 is 1. The second-order valence-electron chi connectivity index (χ2n) is 7.88. The number of esters is 2. The van der Waals surface area contributed by atoms with Crippen molar-refractivity contribution in [1.82, 2.24) is 10.3 Å².